The Morgan fingerprint density at radius 2 is 2.39 bits per heavy atom. The molecule has 0 saturated carbocycles. The third-order valence-corrected chi connectivity index (χ3v) is 2.46. The molecule has 0 spiro atoms. The average molecular weight is 250 g/mol. The van der Waals surface area contributed by atoms with Gasteiger partial charge < -0.3 is 19.0 Å². The van der Waals surface area contributed by atoms with Crippen LogP contribution in [0.1, 0.15) is 27.6 Å². The van der Waals surface area contributed by atoms with Crippen molar-refractivity contribution in [1.82, 2.24) is 10.5 Å². The number of ether oxygens (including phenoxy) is 1. The van der Waals surface area contributed by atoms with E-state index in [1.54, 1.807) is 19.4 Å². The van der Waals surface area contributed by atoms with E-state index in [2.05, 4.69) is 10.5 Å². The van der Waals surface area contributed by atoms with E-state index in [-0.39, 0.29) is 18.2 Å². The van der Waals surface area contributed by atoms with Crippen LogP contribution in [0, 0.1) is 6.92 Å². The van der Waals surface area contributed by atoms with Gasteiger partial charge in [0.1, 0.15) is 12.4 Å². The standard InChI is InChI=1S/C12H14N2O4/c1-8-3-4-17-11(8)6-13-12(15)10-5-9(7-16-2)18-14-10/h3-5H,6-7H2,1-2H3,(H,13,15). The van der Waals surface area contributed by atoms with Gasteiger partial charge in [0.25, 0.3) is 5.91 Å². The van der Waals surface area contributed by atoms with Crippen molar-refractivity contribution in [3.63, 3.8) is 0 Å². The molecule has 2 rings (SSSR count). The smallest absolute Gasteiger partial charge is 0.273 e. The van der Waals surface area contributed by atoms with E-state index in [1.165, 1.54) is 0 Å². The lowest BCUT2D eigenvalue weighted by Gasteiger charge is -2.00. The SMILES string of the molecule is COCc1cc(C(=O)NCc2occc2C)no1. The fourth-order valence-electron chi connectivity index (χ4n) is 1.47. The van der Waals surface area contributed by atoms with Gasteiger partial charge in [0.05, 0.1) is 12.8 Å². The Morgan fingerprint density at radius 3 is 3.06 bits per heavy atom. The van der Waals surface area contributed by atoms with E-state index < -0.39 is 0 Å². The number of carbonyl (C=O) groups excluding carboxylic acids is 1. The molecule has 0 aliphatic carbocycles. The maximum Gasteiger partial charge on any atom is 0.273 e. The number of carbonyl (C=O) groups is 1. The minimum absolute atomic E-state index is 0.228. The monoisotopic (exact) mass is 250 g/mol. The van der Waals surface area contributed by atoms with Crippen molar-refractivity contribution in [1.29, 1.82) is 0 Å². The average Bonchev–Trinajstić information content (AvgIpc) is 2.96. The zero-order valence-electron chi connectivity index (χ0n) is 10.2. The summed E-state index contributed by atoms with van der Waals surface area (Å²) in [6.07, 6.45) is 1.59. The Hall–Kier alpha value is -2.08. The molecule has 6 heteroatoms. The van der Waals surface area contributed by atoms with Crippen LogP contribution in [-0.4, -0.2) is 18.2 Å². The Kier molecular flexibility index (Phi) is 3.78. The lowest BCUT2D eigenvalue weighted by molar-refractivity contribution is 0.0938. The maximum absolute atomic E-state index is 11.8. The van der Waals surface area contributed by atoms with Crippen molar-refractivity contribution < 1.29 is 18.5 Å². The fourth-order valence-corrected chi connectivity index (χ4v) is 1.47. The number of amides is 1. The molecule has 1 N–H and O–H groups in total. The van der Waals surface area contributed by atoms with Gasteiger partial charge in [-0.25, -0.2) is 0 Å². The fraction of sp³-hybridized carbons (Fsp3) is 0.333. The molecule has 96 valence electrons. The zero-order chi connectivity index (χ0) is 13.0. The molecule has 2 heterocycles. The summed E-state index contributed by atoms with van der Waals surface area (Å²) in [6.45, 7) is 2.53. The Bertz CT molecular complexity index is 530. The van der Waals surface area contributed by atoms with Crippen molar-refractivity contribution in [2.75, 3.05) is 7.11 Å². The van der Waals surface area contributed by atoms with Gasteiger partial charge in [-0.3, -0.25) is 4.79 Å². The summed E-state index contributed by atoms with van der Waals surface area (Å²) >= 11 is 0. The molecule has 18 heavy (non-hydrogen) atoms. The second-order valence-corrected chi connectivity index (χ2v) is 3.82. The first-order chi connectivity index (χ1) is 8.70. The molecule has 2 aromatic rings. The number of rotatable bonds is 5. The summed E-state index contributed by atoms with van der Waals surface area (Å²) in [5.41, 5.74) is 1.22. The first-order valence-electron chi connectivity index (χ1n) is 5.46. The molecule has 0 unspecified atom stereocenters. The van der Waals surface area contributed by atoms with Crippen LogP contribution < -0.4 is 5.32 Å². The van der Waals surface area contributed by atoms with E-state index in [4.69, 9.17) is 13.7 Å². The van der Waals surface area contributed by atoms with Gasteiger partial charge in [-0.05, 0) is 18.6 Å². The lowest BCUT2D eigenvalue weighted by atomic mass is 10.3. The third kappa shape index (κ3) is 2.78. The number of methoxy groups -OCH3 is 1. The van der Waals surface area contributed by atoms with E-state index in [0.29, 0.717) is 12.3 Å². The van der Waals surface area contributed by atoms with Gasteiger partial charge in [0, 0.05) is 13.2 Å². The molecule has 1 amide bonds. The molecule has 2 aromatic heterocycles. The predicted octanol–water partition coefficient (Wildman–Crippen LogP) is 1.65. The molecule has 0 bridgehead atoms. The molecule has 0 fully saturated rings. The number of nitrogens with one attached hydrogen (secondary N) is 1. The van der Waals surface area contributed by atoms with Crippen LogP contribution in [0.15, 0.2) is 27.3 Å². The summed E-state index contributed by atoms with van der Waals surface area (Å²) in [5.74, 6) is 0.928. The van der Waals surface area contributed by atoms with Crippen molar-refractivity contribution in [3.8, 4) is 0 Å². The second-order valence-electron chi connectivity index (χ2n) is 3.82. The van der Waals surface area contributed by atoms with E-state index in [9.17, 15) is 4.79 Å². The highest BCUT2D eigenvalue weighted by Gasteiger charge is 2.13. The highest BCUT2D eigenvalue weighted by Crippen LogP contribution is 2.09. The van der Waals surface area contributed by atoms with Crippen LogP contribution >= 0.6 is 0 Å². The van der Waals surface area contributed by atoms with Gasteiger partial charge in [-0.2, -0.15) is 0 Å². The molecule has 6 nitrogen and oxygen atoms in total. The largest absolute Gasteiger partial charge is 0.467 e. The van der Waals surface area contributed by atoms with Crippen LogP contribution in [0.5, 0.6) is 0 Å². The molecule has 0 aromatic carbocycles. The van der Waals surface area contributed by atoms with Crippen molar-refractivity contribution in [2.24, 2.45) is 0 Å². The maximum atomic E-state index is 11.8. The minimum Gasteiger partial charge on any atom is -0.467 e. The number of aryl methyl sites for hydroxylation is 1. The highest BCUT2D eigenvalue weighted by molar-refractivity contribution is 5.92. The summed E-state index contributed by atoms with van der Waals surface area (Å²) in [4.78, 5) is 11.8. The topological polar surface area (TPSA) is 77.5 Å². The van der Waals surface area contributed by atoms with Crippen LogP contribution in [0.2, 0.25) is 0 Å². The minimum atomic E-state index is -0.308. The molecule has 0 radical (unpaired) electrons. The van der Waals surface area contributed by atoms with Crippen LogP contribution in [0.25, 0.3) is 0 Å². The van der Waals surface area contributed by atoms with Gasteiger partial charge in [-0.15, -0.1) is 0 Å². The molecule has 0 aliphatic heterocycles. The van der Waals surface area contributed by atoms with Gasteiger partial charge in [0.15, 0.2) is 11.5 Å². The predicted molar refractivity (Wildman–Crippen MR) is 61.8 cm³/mol. The first-order valence-corrected chi connectivity index (χ1v) is 5.46. The number of hydrogen-bond acceptors (Lipinski definition) is 5. The Morgan fingerprint density at radius 1 is 1.56 bits per heavy atom. The number of hydrogen-bond donors (Lipinski definition) is 1. The normalized spacial score (nSPS) is 10.6. The first kappa shape index (κ1) is 12.4. The van der Waals surface area contributed by atoms with Crippen molar-refractivity contribution >= 4 is 5.91 Å². The zero-order valence-corrected chi connectivity index (χ0v) is 10.2. The van der Waals surface area contributed by atoms with Crippen LogP contribution in [0.3, 0.4) is 0 Å². The number of furan rings is 1. The van der Waals surface area contributed by atoms with Crippen LogP contribution in [0.4, 0.5) is 0 Å². The summed E-state index contributed by atoms with van der Waals surface area (Å²) in [5, 5.41) is 6.36. The third-order valence-electron chi connectivity index (χ3n) is 2.46. The number of nitrogens with zero attached hydrogens (tertiary/aromatic N) is 1. The Balaban J connectivity index is 1.93. The molecule has 0 saturated heterocycles. The van der Waals surface area contributed by atoms with Crippen molar-refractivity contribution in [2.45, 2.75) is 20.1 Å². The second kappa shape index (κ2) is 5.50. The van der Waals surface area contributed by atoms with Crippen LogP contribution in [-0.2, 0) is 17.9 Å². The quantitative estimate of drug-likeness (QED) is 0.873. The van der Waals surface area contributed by atoms with Gasteiger partial charge >= 0.3 is 0 Å². The highest BCUT2D eigenvalue weighted by atomic mass is 16.5. The summed E-state index contributed by atoms with van der Waals surface area (Å²) in [6, 6.07) is 3.39. The van der Waals surface area contributed by atoms with Gasteiger partial charge in [-0.1, -0.05) is 5.16 Å². The lowest BCUT2D eigenvalue weighted by Crippen LogP contribution is -2.23. The summed E-state index contributed by atoms with van der Waals surface area (Å²) < 4.78 is 15.0. The molecular formula is C12H14N2O4. The summed E-state index contributed by atoms with van der Waals surface area (Å²) in [7, 11) is 1.54. The van der Waals surface area contributed by atoms with E-state index in [1.807, 2.05) is 13.0 Å². The van der Waals surface area contributed by atoms with Gasteiger partial charge in [0.2, 0.25) is 0 Å². The number of aromatic nitrogens is 1. The molecular weight excluding hydrogens is 236 g/mol. The molecule has 0 atom stereocenters. The van der Waals surface area contributed by atoms with E-state index >= 15 is 0 Å². The Labute approximate surface area is 104 Å². The van der Waals surface area contributed by atoms with E-state index in [0.717, 1.165) is 11.3 Å². The van der Waals surface area contributed by atoms with Crippen molar-refractivity contribution in [3.05, 3.63) is 41.2 Å². The molecule has 0 aliphatic rings.